The summed E-state index contributed by atoms with van der Waals surface area (Å²) in [6.45, 7) is 0. The predicted octanol–water partition coefficient (Wildman–Crippen LogP) is 5.53. The van der Waals surface area contributed by atoms with Crippen molar-refractivity contribution in [2.24, 2.45) is 0 Å². The van der Waals surface area contributed by atoms with E-state index in [2.05, 4.69) is 15.9 Å². The Hall–Kier alpha value is -3.78. The van der Waals surface area contributed by atoms with E-state index < -0.39 is 0 Å². The van der Waals surface area contributed by atoms with E-state index in [0.29, 0.717) is 45.4 Å². The van der Waals surface area contributed by atoms with Crippen molar-refractivity contribution in [2.45, 2.75) is 12.3 Å². The van der Waals surface area contributed by atoms with Gasteiger partial charge in [-0.15, -0.1) is 0 Å². The third kappa shape index (κ3) is 4.04. The topological polar surface area (TPSA) is 80.3 Å². The van der Waals surface area contributed by atoms with Gasteiger partial charge in [0.05, 0.1) is 33.3 Å². The van der Waals surface area contributed by atoms with Gasteiger partial charge in [0.15, 0.2) is 17.3 Å². The molecule has 0 fully saturated rings. The molecule has 3 aromatic carbocycles. The fourth-order valence-corrected chi connectivity index (χ4v) is 4.84. The Morgan fingerprint density at radius 2 is 1.66 bits per heavy atom. The molecule has 0 bridgehead atoms. The minimum absolute atomic E-state index is 0.129. The lowest BCUT2D eigenvalue weighted by Crippen LogP contribution is -2.21. The Bertz CT molecular complexity index is 1390. The van der Waals surface area contributed by atoms with E-state index in [1.807, 2.05) is 24.3 Å². The first kappa shape index (κ1) is 23.0. The summed E-state index contributed by atoms with van der Waals surface area (Å²) in [4.78, 5) is 25.7. The van der Waals surface area contributed by atoms with Gasteiger partial charge < -0.3 is 23.7 Å². The Labute approximate surface area is 210 Å². The zero-order valence-electron chi connectivity index (χ0n) is 19.2. The first-order chi connectivity index (χ1) is 16.9. The van der Waals surface area contributed by atoms with Crippen molar-refractivity contribution >= 4 is 33.8 Å². The summed E-state index contributed by atoms with van der Waals surface area (Å²) in [6.07, 6.45) is 1.75. The Balaban J connectivity index is 1.61. The van der Waals surface area contributed by atoms with Crippen molar-refractivity contribution in [2.75, 3.05) is 21.3 Å². The molecule has 0 unspecified atom stereocenters. The lowest BCUT2D eigenvalue weighted by Gasteiger charge is -2.26. The summed E-state index contributed by atoms with van der Waals surface area (Å²) in [5, 5.41) is 0. The van der Waals surface area contributed by atoms with E-state index in [9.17, 15) is 9.59 Å². The Morgan fingerprint density at radius 3 is 2.37 bits per heavy atom. The number of methoxy groups -OCH3 is 3. The monoisotopic (exact) mass is 536 g/mol. The second kappa shape index (κ2) is 9.11. The number of ketones is 1. The van der Waals surface area contributed by atoms with Crippen molar-refractivity contribution in [1.82, 2.24) is 0 Å². The molecule has 2 aliphatic rings. The van der Waals surface area contributed by atoms with Crippen LogP contribution in [0.2, 0.25) is 0 Å². The lowest BCUT2D eigenvalue weighted by molar-refractivity contribution is -0.135. The molecule has 8 heteroatoms. The van der Waals surface area contributed by atoms with Gasteiger partial charge in [-0.1, -0.05) is 28.1 Å². The summed E-state index contributed by atoms with van der Waals surface area (Å²) >= 11 is 3.50. The van der Waals surface area contributed by atoms with Gasteiger partial charge in [-0.2, -0.15) is 0 Å². The Morgan fingerprint density at radius 1 is 0.914 bits per heavy atom. The summed E-state index contributed by atoms with van der Waals surface area (Å²) in [5.41, 5.74) is 2.59. The van der Waals surface area contributed by atoms with Gasteiger partial charge in [-0.05, 0) is 42.0 Å². The van der Waals surface area contributed by atoms with Crippen LogP contribution in [0.15, 0.2) is 58.8 Å². The molecule has 0 amide bonds. The maximum atomic E-state index is 13.3. The second-order valence-electron chi connectivity index (χ2n) is 8.03. The van der Waals surface area contributed by atoms with Crippen molar-refractivity contribution in [3.63, 3.8) is 0 Å². The van der Waals surface area contributed by atoms with Crippen LogP contribution >= 0.6 is 15.9 Å². The molecule has 2 aliphatic heterocycles. The highest BCUT2D eigenvalue weighted by Gasteiger charge is 2.38. The zero-order valence-corrected chi connectivity index (χ0v) is 20.8. The van der Waals surface area contributed by atoms with E-state index >= 15 is 0 Å². The number of esters is 1. The van der Waals surface area contributed by atoms with Crippen LogP contribution in [0.5, 0.6) is 28.7 Å². The van der Waals surface area contributed by atoms with Crippen molar-refractivity contribution in [1.29, 1.82) is 0 Å². The number of fused-ring (bicyclic) bond motifs is 3. The van der Waals surface area contributed by atoms with Crippen LogP contribution in [0.4, 0.5) is 0 Å². The van der Waals surface area contributed by atoms with Gasteiger partial charge in [0.2, 0.25) is 5.78 Å². The van der Waals surface area contributed by atoms with Crippen LogP contribution in [0.1, 0.15) is 39.4 Å². The molecule has 0 aliphatic carbocycles. The first-order valence-corrected chi connectivity index (χ1v) is 11.6. The van der Waals surface area contributed by atoms with Gasteiger partial charge in [-0.25, -0.2) is 0 Å². The van der Waals surface area contributed by atoms with Crippen molar-refractivity contribution in [3.8, 4) is 28.7 Å². The fraction of sp³-hybridized carbons (Fsp3) is 0.185. The summed E-state index contributed by atoms with van der Waals surface area (Å²) in [7, 11) is 4.60. The molecule has 0 radical (unpaired) electrons. The third-order valence-corrected chi connectivity index (χ3v) is 6.55. The lowest BCUT2D eigenvalue weighted by atomic mass is 9.85. The van der Waals surface area contributed by atoms with Crippen molar-refractivity contribution < 1.29 is 33.3 Å². The molecule has 0 N–H and O–H groups in total. The molecule has 0 saturated heterocycles. The van der Waals surface area contributed by atoms with Crippen LogP contribution in [-0.4, -0.2) is 33.1 Å². The molecule has 178 valence electrons. The molecule has 3 aromatic rings. The maximum Gasteiger partial charge on any atom is 0.312 e. The Kier molecular flexibility index (Phi) is 5.98. The fourth-order valence-electron chi connectivity index (χ4n) is 4.42. The normalized spacial score (nSPS) is 17.4. The number of Topliss-reactive ketones (excluding diaryl/α,β-unsaturated/α-hetero) is 1. The van der Waals surface area contributed by atoms with Crippen LogP contribution in [0, 0.1) is 0 Å². The van der Waals surface area contributed by atoms with Crippen LogP contribution in [-0.2, 0) is 4.79 Å². The number of rotatable bonds is 5. The summed E-state index contributed by atoms with van der Waals surface area (Å²) < 4.78 is 28.8. The van der Waals surface area contributed by atoms with E-state index in [4.69, 9.17) is 23.7 Å². The minimum Gasteiger partial charge on any atom is -0.496 e. The SMILES string of the molecule is COc1cc(OC)c(OC)cc1/C=C1\Oc2c(ccc3c2[C@@H](c2cccc(Br)c2)CC(=O)O3)C1=O. The van der Waals surface area contributed by atoms with Gasteiger partial charge in [0.25, 0.3) is 0 Å². The molecule has 1 atom stereocenters. The predicted molar refractivity (Wildman–Crippen MR) is 132 cm³/mol. The standard InChI is InChI=1S/C27H21BrO7/c1-31-20-13-22(33-3)21(32-2)10-15(20)11-23-26(30)17-7-8-19-25(27(17)35-23)18(12-24(29)34-19)14-5-4-6-16(28)9-14/h4-11,13,18H,12H2,1-3H3/b23-11-/t18-/m1/s1. The van der Waals surface area contributed by atoms with Gasteiger partial charge >= 0.3 is 5.97 Å². The summed E-state index contributed by atoms with van der Waals surface area (Å²) in [6, 6.07) is 14.4. The van der Waals surface area contributed by atoms with Crippen LogP contribution in [0.25, 0.3) is 6.08 Å². The van der Waals surface area contributed by atoms with E-state index in [1.165, 1.54) is 21.3 Å². The molecule has 0 saturated carbocycles. The molecule has 35 heavy (non-hydrogen) atoms. The quantitative estimate of drug-likeness (QED) is 0.241. The summed E-state index contributed by atoms with van der Waals surface area (Å²) in [5.74, 6) is 1.47. The molecule has 2 heterocycles. The molecular formula is C27H21BrO7. The maximum absolute atomic E-state index is 13.3. The third-order valence-electron chi connectivity index (χ3n) is 6.05. The van der Waals surface area contributed by atoms with Crippen LogP contribution in [0.3, 0.4) is 0 Å². The van der Waals surface area contributed by atoms with Crippen LogP contribution < -0.4 is 23.7 Å². The molecule has 0 aromatic heterocycles. The number of benzene rings is 3. The number of allylic oxidation sites excluding steroid dienone is 1. The van der Waals surface area contributed by atoms with Crippen molar-refractivity contribution in [3.05, 3.63) is 81.0 Å². The molecule has 0 spiro atoms. The first-order valence-electron chi connectivity index (χ1n) is 10.8. The molecular weight excluding hydrogens is 516 g/mol. The number of hydrogen-bond donors (Lipinski definition) is 0. The number of carbonyl (C=O) groups is 2. The highest BCUT2D eigenvalue weighted by Crippen LogP contribution is 2.49. The number of hydrogen-bond acceptors (Lipinski definition) is 7. The largest absolute Gasteiger partial charge is 0.496 e. The number of halogens is 1. The number of ether oxygens (including phenoxy) is 5. The van der Waals surface area contributed by atoms with Gasteiger partial charge in [0, 0.05) is 27.6 Å². The molecule has 7 nitrogen and oxygen atoms in total. The highest BCUT2D eigenvalue weighted by molar-refractivity contribution is 9.10. The highest BCUT2D eigenvalue weighted by atomic mass is 79.9. The van der Waals surface area contributed by atoms with Gasteiger partial charge in [-0.3, -0.25) is 9.59 Å². The number of carbonyl (C=O) groups excluding carboxylic acids is 2. The van der Waals surface area contributed by atoms with Gasteiger partial charge in [0.1, 0.15) is 17.2 Å². The molecule has 5 rings (SSSR count). The minimum atomic E-state index is -0.336. The zero-order chi connectivity index (χ0) is 24.7. The average molecular weight is 537 g/mol. The average Bonchev–Trinajstić information content (AvgIpc) is 3.18. The van der Waals surface area contributed by atoms with E-state index in [1.54, 1.807) is 30.3 Å². The smallest absolute Gasteiger partial charge is 0.312 e. The van der Waals surface area contributed by atoms with E-state index in [0.717, 1.165) is 10.0 Å². The second-order valence-corrected chi connectivity index (χ2v) is 8.94. The van der Waals surface area contributed by atoms with E-state index in [-0.39, 0.29) is 29.9 Å².